The molecule has 1 aromatic carbocycles. The lowest BCUT2D eigenvalue weighted by molar-refractivity contribution is 0.462. The van der Waals surface area contributed by atoms with Gasteiger partial charge in [0.25, 0.3) is 0 Å². The van der Waals surface area contributed by atoms with Crippen molar-refractivity contribution in [2.45, 2.75) is 38.1 Å². The van der Waals surface area contributed by atoms with Gasteiger partial charge in [0.05, 0.1) is 4.70 Å². The molecule has 0 aliphatic heterocycles. The Labute approximate surface area is 108 Å². The third kappa shape index (κ3) is 2.19. The van der Waals surface area contributed by atoms with E-state index in [4.69, 9.17) is 0 Å². The van der Waals surface area contributed by atoms with Crippen LogP contribution in [0.1, 0.15) is 32.1 Å². The molecule has 0 bridgehead atoms. The first-order valence-electron chi connectivity index (χ1n) is 6.25. The number of hydrogen-bond acceptors (Lipinski definition) is 3. The van der Waals surface area contributed by atoms with Crippen LogP contribution in [0.25, 0.3) is 10.2 Å². The first kappa shape index (κ1) is 11.8. The zero-order valence-corrected chi connectivity index (χ0v) is 10.7. The van der Waals surface area contributed by atoms with Gasteiger partial charge in [-0.2, -0.15) is 0 Å². The van der Waals surface area contributed by atoms with Crippen LogP contribution in [0.15, 0.2) is 12.1 Å². The molecule has 1 aliphatic carbocycles. The van der Waals surface area contributed by atoms with Gasteiger partial charge < -0.3 is 5.32 Å². The van der Waals surface area contributed by atoms with Gasteiger partial charge in [0.2, 0.25) is 0 Å². The van der Waals surface area contributed by atoms with E-state index in [1.54, 1.807) is 0 Å². The Hall–Kier alpha value is -1.23. The van der Waals surface area contributed by atoms with E-state index in [2.05, 4.69) is 10.3 Å². The quantitative estimate of drug-likeness (QED) is 0.877. The molecule has 0 atom stereocenters. The Morgan fingerprint density at radius 3 is 2.56 bits per heavy atom. The first-order chi connectivity index (χ1) is 8.74. The van der Waals surface area contributed by atoms with Gasteiger partial charge in [-0.1, -0.05) is 30.6 Å². The topological polar surface area (TPSA) is 24.9 Å². The summed E-state index contributed by atoms with van der Waals surface area (Å²) in [5, 5.41) is 3.92. The van der Waals surface area contributed by atoms with E-state index in [1.165, 1.54) is 30.6 Å². The van der Waals surface area contributed by atoms with E-state index in [9.17, 15) is 8.78 Å². The highest BCUT2D eigenvalue weighted by molar-refractivity contribution is 7.22. The highest BCUT2D eigenvalue weighted by Crippen LogP contribution is 2.31. The molecule has 5 heteroatoms. The molecule has 18 heavy (non-hydrogen) atoms. The zero-order valence-electron chi connectivity index (χ0n) is 9.88. The van der Waals surface area contributed by atoms with Gasteiger partial charge in [-0.3, -0.25) is 0 Å². The Bertz CT molecular complexity index is 522. The number of nitrogens with one attached hydrogen (secondary N) is 1. The molecule has 1 heterocycles. The molecule has 1 fully saturated rings. The van der Waals surface area contributed by atoms with Crippen molar-refractivity contribution in [3.63, 3.8) is 0 Å². The van der Waals surface area contributed by atoms with Crippen molar-refractivity contribution in [2.24, 2.45) is 0 Å². The molecule has 96 valence electrons. The summed E-state index contributed by atoms with van der Waals surface area (Å²) in [7, 11) is 0. The number of halogens is 2. The molecule has 3 rings (SSSR count). The molecule has 0 unspecified atom stereocenters. The number of thiazole rings is 1. The summed E-state index contributed by atoms with van der Waals surface area (Å²) in [5.74, 6) is -0.861. The minimum Gasteiger partial charge on any atom is -0.359 e. The minimum absolute atomic E-state index is 0.137. The van der Waals surface area contributed by atoms with Crippen molar-refractivity contribution in [2.75, 3.05) is 5.32 Å². The van der Waals surface area contributed by atoms with Crippen molar-refractivity contribution in [3.8, 4) is 0 Å². The SMILES string of the molecule is Fc1ccc(F)c2sc(NC3CCCCC3)nc12. The van der Waals surface area contributed by atoms with Crippen LogP contribution >= 0.6 is 11.3 Å². The Balaban J connectivity index is 1.88. The van der Waals surface area contributed by atoms with E-state index in [-0.39, 0.29) is 5.52 Å². The van der Waals surface area contributed by atoms with E-state index in [0.717, 1.165) is 25.0 Å². The van der Waals surface area contributed by atoms with Crippen LogP contribution in [-0.4, -0.2) is 11.0 Å². The van der Waals surface area contributed by atoms with Gasteiger partial charge in [-0.05, 0) is 25.0 Å². The molecule has 0 amide bonds. The smallest absolute Gasteiger partial charge is 0.184 e. The van der Waals surface area contributed by atoms with Crippen molar-refractivity contribution in [3.05, 3.63) is 23.8 Å². The molecule has 0 spiro atoms. The van der Waals surface area contributed by atoms with Crippen molar-refractivity contribution >= 4 is 26.7 Å². The van der Waals surface area contributed by atoms with E-state index < -0.39 is 11.6 Å². The monoisotopic (exact) mass is 268 g/mol. The third-order valence-electron chi connectivity index (χ3n) is 3.38. The minimum atomic E-state index is -0.459. The summed E-state index contributed by atoms with van der Waals surface area (Å²) in [6.45, 7) is 0. The number of anilines is 1. The molecule has 1 aromatic heterocycles. The van der Waals surface area contributed by atoms with E-state index in [1.807, 2.05) is 0 Å². The second-order valence-electron chi connectivity index (χ2n) is 4.71. The number of benzene rings is 1. The highest BCUT2D eigenvalue weighted by atomic mass is 32.1. The molecular formula is C13H14F2N2S. The summed E-state index contributed by atoms with van der Waals surface area (Å²) in [5.41, 5.74) is 0.137. The first-order valence-corrected chi connectivity index (χ1v) is 7.07. The second kappa shape index (κ2) is 4.80. The Kier molecular flexibility index (Phi) is 3.16. The third-order valence-corrected chi connectivity index (χ3v) is 4.37. The number of rotatable bonds is 2. The maximum absolute atomic E-state index is 13.5. The maximum atomic E-state index is 13.5. The fraction of sp³-hybridized carbons (Fsp3) is 0.462. The predicted octanol–water partition coefficient (Wildman–Crippen LogP) is 4.32. The summed E-state index contributed by atoms with van der Waals surface area (Å²) in [4.78, 5) is 4.16. The Morgan fingerprint density at radius 1 is 1.11 bits per heavy atom. The van der Waals surface area contributed by atoms with Crippen LogP contribution in [0, 0.1) is 11.6 Å². The lowest BCUT2D eigenvalue weighted by Crippen LogP contribution is -2.21. The van der Waals surface area contributed by atoms with Crippen LogP contribution in [-0.2, 0) is 0 Å². The average molecular weight is 268 g/mol. The Morgan fingerprint density at radius 2 is 1.83 bits per heavy atom. The predicted molar refractivity (Wildman–Crippen MR) is 70.0 cm³/mol. The van der Waals surface area contributed by atoms with Crippen LogP contribution in [0.5, 0.6) is 0 Å². The maximum Gasteiger partial charge on any atom is 0.184 e. The molecule has 1 N–H and O–H groups in total. The fourth-order valence-electron chi connectivity index (χ4n) is 2.43. The second-order valence-corrected chi connectivity index (χ2v) is 5.70. The molecule has 0 saturated heterocycles. The number of fused-ring (bicyclic) bond motifs is 1. The fourth-order valence-corrected chi connectivity index (χ4v) is 3.39. The number of nitrogens with zero attached hydrogens (tertiary/aromatic N) is 1. The van der Waals surface area contributed by atoms with Crippen LogP contribution in [0.2, 0.25) is 0 Å². The van der Waals surface area contributed by atoms with Crippen molar-refractivity contribution in [1.29, 1.82) is 0 Å². The van der Waals surface area contributed by atoms with Gasteiger partial charge in [-0.15, -0.1) is 0 Å². The van der Waals surface area contributed by atoms with Crippen LogP contribution in [0.4, 0.5) is 13.9 Å². The van der Waals surface area contributed by atoms with Crippen LogP contribution in [0.3, 0.4) is 0 Å². The molecule has 2 nitrogen and oxygen atoms in total. The average Bonchev–Trinajstić information content (AvgIpc) is 2.80. The number of hydrogen-bond donors (Lipinski definition) is 1. The standard InChI is InChI=1S/C13H14F2N2S/c14-9-6-7-10(15)12-11(9)17-13(18-12)16-8-4-2-1-3-5-8/h6-8H,1-5H2,(H,16,17). The lowest BCUT2D eigenvalue weighted by atomic mass is 9.96. The van der Waals surface area contributed by atoms with E-state index >= 15 is 0 Å². The molecule has 2 aromatic rings. The molecule has 0 radical (unpaired) electrons. The van der Waals surface area contributed by atoms with E-state index in [0.29, 0.717) is 15.9 Å². The van der Waals surface area contributed by atoms with Gasteiger partial charge in [0, 0.05) is 6.04 Å². The van der Waals surface area contributed by atoms with Crippen molar-refractivity contribution < 1.29 is 8.78 Å². The number of aromatic nitrogens is 1. The highest BCUT2D eigenvalue weighted by Gasteiger charge is 2.17. The summed E-state index contributed by atoms with van der Waals surface area (Å²) in [6.07, 6.45) is 5.93. The van der Waals surface area contributed by atoms with Gasteiger partial charge in [0.15, 0.2) is 10.9 Å². The normalized spacial score (nSPS) is 17.2. The van der Waals surface area contributed by atoms with Crippen molar-refractivity contribution in [1.82, 2.24) is 4.98 Å². The zero-order chi connectivity index (χ0) is 12.5. The van der Waals surface area contributed by atoms with Crippen LogP contribution < -0.4 is 5.32 Å². The van der Waals surface area contributed by atoms with Gasteiger partial charge in [0.1, 0.15) is 11.3 Å². The van der Waals surface area contributed by atoms with Gasteiger partial charge in [-0.25, -0.2) is 13.8 Å². The summed E-state index contributed by atoms with van der Waals surface area (Å²) >= 11 is 1.19. The molecule has 1 aliphatic rings. The summed E-state index contributed by atoms with van der Waals surface area (Å²) in [6, 6.07) is 2.67. The molecular weight excluding hydrogens is 254 g/mol. The van der Waals surface area contributed by atoms with Gasteiger partial charge >= 0.3 is 0 Å². The molecule has 1 saturated carbocycles. The summed E-state index contributed by atoms with van der Waals surface area (Å²) < 4.78 is 27.3. The largest absolute Gasteiger partial charge is 0.359 e. The lowest BCUT2D eigenvalue weighted by Gasteiger charge is -2.22.